The van der Waals surface area contributed by atoms with Crippen LogP contribution in [0.15, 0.2) is 84.0 Å². The van der Waals surface area contributed by atoms with Crippen LogP contribution in [0.2, 0.25) is 5.02 Å². The van der Waals surface area contributed by atoms with Crippen LogP contribution in [-0.4, -0.2) is 43.4 Å². The zero-order valence-corrected chi connectivity index (χ0v) is 26.0. The first-order valence-corrected chi connectivity index (χ1v) is 14.7. The highest BCUT2D eigenvalue weighted by Gasteiger charge is 2.21. The van der Waals surface area contributed by atoms with E-state index in [0.29, 0.717) is 57.9 Å². The number of hydrogen-bond acceptors (Lipinski definition) is 7. The number of benzene rings is 4. The Morgan fingerprint density at radius 1 is 0.889 bits per heavy atom. The summed E-state index contributed by atoms with van der Waals surface area (Å²) in [6.07, 6.45) is 1.47. The number of hydrazone groups is 1. The lowest BCUT2D eigenvalue weighted by Gasteiger charge is -2.13. The van der Waals surface area contributed by atoms with Gasteiger partial charge in [-0.15, -0.1) is 0 Å². The second kappa shape index (κ2) is 14.0. The molecule has 5 rings (SSSR count). The summed E-state index contributed by atoms with van der Waals surface area (Å²) < 4.78 is 22.3. The van der Waals surface area contributed by atoms with E-state index >= 15 is 0 Å². The molecule has 0 aliphatic carbocycles. The van der Waals surface area contributed by atoms with Gasteiger partial charge in [-0.1, -0.05) is 48.0 Å². The Kier molecular flexibility index (Phi) is 9.70. The van der Waals surface area contributed by atoms with Gasteiger partial charge in [0.25, 0.3) is 5.91 Å². The molecule has 0 radical (unpaired) electrons. The number of hydrogen-bond donors (Lipinski definition) is 2. The number of methoxy groups -OCH3 is 1. The molecule has 4 aromatic carbocycles. The van der Waals surface area contributed by atoms with Crippen LogP contribution >= 0.6 is 11.6 Å². The third kappa shape index (κ3) is 6.78. The van der Waals surface area contributed by atoms with E-state index < -0.39 is 11.9 Å². The predicted molar refractivity (Wildman–Crippen MR) is 175 cm³/mol. The fourth-order valence-corrected chi connectivity index (χ4v) is 5.12. The number of esters is 1. The van der Waals surface area contributed by atoms with Gasteiger partial charge < -0.3 is 23.9 Å². The summed E-state index contributed by atoms with van der Waals surface area (Å²) in [7, 11) is 1.47. The molecule has 230 valence electrons. The summed E-state index contributed by atoms with van der Waals surface area (Å²) in [4.78, 5) is 29.6. The Bertz CT molecular complexity index is 1900. The average Bonchev–Trinajstić information content (AvgIpc) is 3.44. The van der Waals surface area contributed by atoms with E-state index in [-0.39, 0.29) is 5.75 Å². The van der Waals surface area contributed by atoms with Crippen molar-refractivity contribution in [2.24, 2.45) is 5.10 Å². The lowest BCUT2D eigenvalue weighted by atomic mass is 10.0. The minimum Gasteiger partial charge on any atom is -0.493 e. The molecule has 0 fully saturated rings. The van der Waals surface area contributed by atoms with Gasteiger partial charge in [0.1, 0.15) is 5.69 Å². The first-order valence-electron chi connectivity index (χ1n) is 14.3. The number of aromatic nitrogens is 1. The molecule has 0 aliphatic rings. The molecule has 0 atom stereocenters. The Balaban J connectivity index is 1.34. The van der Waals surface area contributed by atoms with E-state index in [1.54, 1.807) is 42.5 Å². The van der Waals surface area contributed by atoms with Gasteiger partial charge in [-0.25, -0.2) is 10.2 Å². The van der Waals surface area contributed by atoms with Crippen molar-refractivity contribution < 1.29 is 28.5 Å². The standard InChI is InChI=1S/C35H32ClN3O6/c1-5-43-27-17-15-23(19-30(27)44-6-2)35(41)45-28-16-14-22(18-29(28)42-4)20-37-39-34(40)33-31(24-11-7-8-13-26(24)36)25-12-9-10-21(3)32(25)38-33/h7-20,38H,5-6H2,1-4H3,(H,39,40). The molecule has 5 aromatic rings. The van der Waals surface area contributed by atoms with E-state index in [1.807, 2.05) is 57.2 Å². The highest BCUT2D eigenvalue weighted by Crippen LogP contribution is 2.37. The topological polar surface area (TPSA) is 111 Å². The first-order chi connectivity index (χ1) is 21.8. The molecule has 10 heteroatoms. The van der Waals surface area contributed by atoms with Crippen molar-refractivity contribution in [3.63, 3.8) is 0 Å². The monoisotopic (exact) mass is 625 g/mol. The van der Waals surface area contributed by atoms with Crippen LogP contribution in [-0.2, 0) is 0 Å². The maximum Gasteiger partial charge on any atom is 0.343 e. The highest BCUT2D eigenvalue weighted by molar-refractivity contribution is 6.34. The first kappa shape index (κ1) is 31.2. The number of nitrogens with one attached hydrogen (secondary N) is 2. The minimum atomic E-state index is -0.589. The molecule has 1 heterocycles. The second-order valence-electron chi connectivity index (χ2n) is 9.88. The van der Waals surface area contributed by atoms with Crippen LogP contribution in [0.3, 0.4) is 0 Å². The largest absolute Gasteiger partial charge is 0.493 e. The quantitative estimate of drug-likeness (QED) is 0.0677. The number of nitrogens with zero attached hydrogens (tertiary/aromatic N) is 1. The van der Waals surface area contributed by atoms with Crippen molar-refractivity contribution in [3.8, 4) is 34.1 Å². The molecule has 0 spiro atoms. The van der Waals surface area contributed by atoms with Crippen LogP contribution in [0.5, 0.6) is 23.0 Å². The number of ether oxygens (including phenoxy) is 4. The van der Waals surface area contributed by atoms with E-state index in [1.165, 1.54) is 13.3 Å². The van der Waals surface area contributed by atoms with Crippen LogP contribution in [0.1, 0.15) is 45.8 Å². The van der Waals surface area contributed by atoms with Crippen molar-refractivity contribution >= 4 is 40.6 Å². The number of aromatic amines is 1. The molecular weight excluding hydrogens is 594 g/mol. The second-order valence-corrected chi connectivity index (χ2v) is 10.3. The maximum atomic E-state index is 13.4. The number of rotatable bonds is 11. The fraction of sp³-hybridized carbons (Fsp3) is 0.171. The Morgan fingerprint density at radius 3 is 2.40 bits per heavy atom. The number of para-hydroxylation sites is 1. The molecule has 0 aliphatic heterocycles. The molecule has 45 heavy (non-hydrogen) atoms. The third-order valence-corrected chi connectivity index (χ3v) is 7.29. The van der Waals surface area contributed by atoms with Crippen LogP contribution in [0.4, 0.5) is 0 Å². The van der Waals surface area contributed by atoms with Crippen molar-refractivity contribution in [1.82, 2.24) is 10.4 Å². The maximum absolute atomic E-state index is 13.4. The predicted octanol–water partition coefficient (Wildman–Crippen LogP) is 7.59. The van der Waals surface area contributed by atoms with Crippen molar-refractivity contribution in [2.75, 3.05) is 20.3 Å². The lowest BCUT2D eigenvalue weighted by molar-refractivity contribution is 0.0728. The molecule has 2 N–H and O–H groups in total. The Hall–Kier alpha value is -5.28. The Labute approximate surface area is 265 Å². The summed E-state index contributed by atoms with van der Waals surface area (Å²) >= 11 is 6.53. The average molecular weight is 626 g/mol. The normalized spacial score (nSPS) is 11.0. The number of fused-ring (bicyclic) bond motifs is 1. The van der Waals surface area contributed by atoms with Crippen LogP contribution < -0.4 is 24.4 Å². The summed E-state index contributed by atoms with van der Waals surface area (Å²) in [5.74, 6) is 0.500. The van der Waals surface area contributed by atoms with Crippen LogP contribution in [0.25, 0.3) is 22.0 Å². The zero-order chi connectivity index (χ0) is 31.9. The molecular formula is C35H32ClN3O6. The molecule has 1 amide bonds. The van der Waals surface area contributed by atoms with Gasteiger partial charge in [-0.3, -0.25) is 4.79 Å². The summed E-state index contributed by atoms with van der Waals surface area (Å²) in [6, 6.07) is 23.0. The number of H-pyrrole nitrogens is 1. The van der Waals surface area contributed by atoms with E-state index in [2.05, 4.69) is 15.5 Å². The van der Waals surface area contributed by atoms with Gasteiger partial charge in [-0.05, 0) is 74.4 Å². The third-order valence-electron chi connectivity index (χ3n) is 6.96. The van der Waals surface area contributed by atoms with Gasteiger partial charge in [0, 0.05) is 27.1 Å². The number of halogens is 1. The molecule has 0 unspecified atom stereocenters. The SMILES string of the molecule is CCOc1ccc(C(=O)Oc2ccc(C=NNC(=O)c3[nH]c4c(C)cccc4c3-c3ccccc3Cl)cc2OC)cc1OCC. The number of carbonyl (C=O) groups is 2. The number of amides is 1. The Morgan fingerprint density at radius 2 is 1.64 bits per heavy atom. The fourth-order valence-electron chi connectivity index (χ4n) is 4.89. The summed E-state index contributed by atoms with van der Waals surface area (Å²) in [5, 5.41) is 5.58. The molecule has 1 aromatic heterocycles. The van der Waals surface area contributed by atoms with Gasteiger partial charge in [-0.2, -0.15) is 5.10 Å². The summed E-state index contributed by atoms with van der Waals surface area (Å²) in [5.41, 5.74) is 7.10. The summed E-state index contributed by atoms with van der Waals surface area (Å²) in [6.45, 7) is 6.57. The minimum absolute atomic E-state index is 0.216. The zero-order valence-electron chi connectivity index (χ0n) is 25.3. The van der Waals surface area contributed by atoms with E-state index in [0.717, 1.165) is 22.0 Å². The van der Waals surface area contributed by atoms with Crippen molar-refractivity contribution in [1.29, 1.82) is 0 Å². The van der Waals surface area contributed by atoms with Gasteiger partial charge >= 0.3 is 5.97 Å². The van der Waals surface area contributed by atoms with Gasteiger partial charge in [0.15, 0.2) is 23.0 Å². The van der Waals surface area contributed by atoms with Crippen molar-refractivity contribution in [2.45, 2.75) is 20.8 Å². The molecule has 9 nitrogen and oxygen atoms in total. The molecule has 0 bridgehead atoms. The van der Waals surface area contributed by atoms with Crippen LogP contribution in [0, 0.1) is 6.92 Å². The van der Waals surface area contributed by atoms with Gasteiger partial charge in [0.05, 0.1) is 32.1 Å². The van der Waals surface area contributed by atoms with Crippen molar-refractivity contribution in [3.05, 3.63) is 106 Å². The van der Waals surface area contributed by atoms with Gasteiger partial charge in [0.2, 0.25) is 0 Å². The highest BCUT2D eigenvalue weighted by atomic mass is 35.5. The number of aryl methyl sites for hydroxylation is 1. The molecule has 0 saturated heterocycles. The van der Waals surface area contributed by atoms with E-state index in [4.69, 9.17) is 30.5 Å². The smallest absolute Gasteiger partial charge is 0.343 e. The molecule has 0 saturated carbocycles. The van der Waals surface area contributed by atoms with E-state index in [9.17, 15) is 9.59 Å². The lowest BCUT2D eigenvalue weighted by Crippen LogP contribution is -2.19. The number of carbonyl (C=O) groups excluding carboxylic acids is 2.